The van der Waals surface area contributed by atoms with Crippen LogP contribution in [0.5, 0.6) is 5.75 Å². The van der Waals surface area contributed by atoms with Crippen molar-refractivity contribution in [2.24, 2.45) is 0 Å². The number of hydrogen-bond donors (Lipinski definition) is 1. The zero-order valence-corrected chi connectivity index (χ0v) is 13.7. The van der Waals surface area contributed by atoms with Crippen LogP contribution in [0.1, 0.15) is 33.3 Å². The molecule has 1 aromatic rings. The fourth-order valence-electron chi connectivity index (χ4n) is 2.50. The molecule has 1 heterocycles. The largest absolute Gasteiger partial charge is 0.491 e. The van der Waals surface area contributed by atoms with Gasteiger partial charge in [0.05, 0.1) is 6.10 Å². The highest BCUT2D eigenvalue weighted by molar-refractivity contribution is 5.85. The van der Waals surface area contributed by atoms with Crippen LogP contribution in [0.25, 0.3) is 0 Å². The van der Waals surface area contributed by atoms with Gasteiger partial charge in [-0.05, 0) is 45.4 Å². The predicted octanol–water partition coefficient (Wildman–Crippen LogP) is 3.08. The van der Waals surface area contributed by atoms with E-state index in [9.17, 15) is 0 Å². The van der Waals surface area contributed by atoms with Crippen LogP contribution < -0.4 is 10.1 Å². The molecular formula is C16H27ClN2O. The zero-order chi connectivity index (χ0) is 13.8. The second kappa shape index (κ2) is 7.87. The van der Waals surface area contributed by atoms with Gasteiger partial charge in [-0.25, -0.2) is 0 Å². The number of ether oxygens (including phenoxy) is 1. The van der Waals surface area contributed by atoms with Gasteiger partial charge >= 0.3 is 0 Å². The highest BCUT2D eigenvalue weighted by atomic mass is 35.5. The summed E-state index contributed by atoms with van der Waals surface area (Å²) in [5.74, 6) is 0.959. The average molecular weight is 299 g/mol. The highest BCUT2D eigenvalue weighted by Crippen LogP contribution is 2.17. The molecule has 1 fully saturated rings. The number of rotatable bonds is 4. The third kappa shape index (κ3) is 4.97. The average Bonchev–Trinajstić information content (AvgIpc) is 2.35. The predicted molar refractivity (Wildman–Crippen MR) is 86.8 cm³/mol. The summed E-state index contributed by atoms with van der Waals surface area (Å²) in [6.45, 7) is 11.9. The Morgan fingerprint density at radius 1 is 1.25 bits per heavy atom. The van der Waals surface area contributed by atoms with Crippen LogP contribution in [0.3, 0.4) is 0 Å². The number of nitrogens with one attached hydrogen (secondary N) is 1. The first-order chi connectivity index (χ1) is 9.04. The smallest absolute Gasteiger partial charge is 0.119 e. The Balaban J connectivity index is 0.00000200. The van der Waals surface area contributed by atoms with Crippen molar-refractivity contribution >= 4 is 12.4 Å². The van der Waals surface area contributed by atoms with Gasteiger partial charge in [0.2, 0.25) is 0 Å². The van der Waals surface area contributed by atoms with Crippen LogP contribution in [-0.4, -0.2) is 36.2 Å². The minimum Gasteiger partial charge on any atom is -0.491 e. The SMILES string of the molecule is CC1CN(Cc2ccc(OC(C)C)cc2)C(C)CN1.Cl. The summed E-state index contributed by atoms with van der Waals surface area (Å²) in [6, 6.07) is 9.69. The summed E-state index contributed by atoms with van der Waals surface area (Å²) in [7, 11) is 0. The Morgan fingerprint density at radius 3 is 2.50 bits per heavy atom. The Morgan fingerprint density at radius 2 is 1.90 bits per heavy atom. The molecular weight excluding hydrogens is 272 g/mol. The van der Waals surface area contributed by atoms with E-state index >= 15 is 0 Å². The Bertz CT molecular complexity index is 394. The van der Waals surface area contributed by atoms with E-state index < -0.39 is 0 Å². The van der Waals surface area contributed by atoms with Crippen LogP contribution in [0.2, 0.25) is 0 Å². The van der Waals surface area contributed by atoms with Crippen molar-refractivity contribution in [3.8, 4) is 5.75 Å². The third-order valence-electron chi connectivity index (χ3n) is 3.57. The lowest BCUT2D eigenvalue weighted by Gasteiger charge is -2.37. The first-order valence-corrected chi connectivity index (χ1v) is 7.27. The molecule has 1 saturated heterocycles. The molecule has 1 aliphatic rings. The van der Waals surface area contributed by atoms with Gasteiger partial charge in [0, 0.05) is 31.7 Å². The first-order valence-electron chi connectivity index (χ1n) is 7.27. The number of halogens is 1. The molecule has 20 heavy (non-hydrogen) atoms. The molecule has 0 aliphatic carbocycles. The summed E-state index contributed by atoms with van der Waals surface area (Å²) in [5, 5.41) is 3.52. The molecule has 4 heteroatoms. The van der Waals surface area contributed by atoms with E-state index in [-0.39, 0.29) is 18.5 Å². The molecule has 1 N–H and O–H groups in total. The minimum absolute atomic E-state index is 0. The van der Waals surface area contributed by atoms with Crippen molar-refractivity contribution in [2.75, 3.05) is 13.1 Å². The number of hydrogen-bond acceptors (Lipinski definition) is 3. The van der Waals surface area contributed by atoms with Gasteiger partial charge in [0.1, 0.15) is 5.75 Å². The zero-order valence-electron chi connectivity index (χ0n) is 12.9. The summed E-state index contributed by atoms with van der Waals surface area (Å²) in [5.41, 5.74) is 1.36. The molecule has 0 radical (unpaired) electrons. The number of nitrogens with zero attached hydrogens (tertiary/aromatic N) is 1. The minimum atomic E-state index is 0. The molecule has 114 valence electrons. The molecule has 0 aromatic heterocycles. The lowest BCUT2D eigenvalue weighted by Crippen LogP contribution is -2.53. The standard InChI is InChI=1S/C16H26N2O.ClH/c1-12(2)19-16-7-5-15(6-8-16)11-18-10-13(3)17-9-14(18)4;/h5-8,12-14,17H,9-11H2,1-4H3;1H. The summed E-state index contributed by atoms with van der Waals surface area (Å²) in [4.78, 5) is 2.54. The maximum Gasteiger partial charge on any atom is 0.119 e. The number of piperazine rings is 1. The summed E-state index contributed by atoms with van der Waals surface area (Å²) < 4.78 is 5.67. The van der Waals surface area contributed by atoms with Crippen molar-refractivity contribution in [1.29, 1.82) is 0 Å². The molecule has 0 saturated carbocycles. The van der Waals surface area contributed by atoms with E-state index in [4.69, 9.17) is 4.74 Å². The van der Waals surface area contributed by atoms with Crippen molar-refractivity contribution in [3.63, 3.8) is 0 Å². The van der Waals surface area contributed by atoms with Crippen molar-refractivity contribution < 1.29 is 4.74 Å². The highest BCUT2D eigenvalue weighted by Gasteiger charge is 2.21. The normalized spacial score (nSPS) is 23.4. The first kappa shape index (κ1) is 17.3. The van der Waals surface area contributed by atoms with Crippen LogP contribution >= 0.6 is 12.4 Å². The van der Waals surface area contributed by atoms with Gasteiger partial charge in [0.25, 0.3) is 0 Å². The Kier molecular flexibility index (Phi) is 6.80. The maximum atomic E-state index is 5.67. The molecule has 1 aromatic carbocycles. The van der Waals surface area contributed by atoms with Gasteiger partial charge in [0.15, 0.2) is 0 Å². The van der Waals surface area contributed by atoms with Crippen LogP contribution in [0.15, 0.2) is 24.3 Å². The van der Waals surface area contributed by atoms with Gasteiger partial charge in [-0.2, -0.15) is 0 Å². The van der Waals surface area contributed by atoms with Crippen LogP contribution in [0, 0.1) is 0 Å². The Hall–Kier alpha value is -0.770. The van der Waals surface area contributed by atoms with Crippen LogP contribution in [-0.2, 0) is 6.54 Å². The lowest BCUT2D eigenvalue weighted by molar-refractivity contribution is 0.139. The lowest BCUT2D eigenvalue weighted by atomic mass is 10.1. The Labute approximate surface area is 129 Å². The van der Waals surface area contributed by atoms with Gasteiger partial charge in [-0.1, -0.05) is 12.1 Å². The van der Waals surface area contributed by atoms with E-state index in [2.05, 4.69) is 62.2 Å². The van der Waals surface area contributed by atoms with Gasteiger partial charge in [-0.15, -0.1) is 12.4 Å². The monoisotopic (exact) mass is 298 g/mol. The fourth-order valence-corrected chi connectivity index (χ4v) is 2.50. The van der Waals surface area contributed by atoms with E-state index in [0.717, 1.165) is 25.4 Å². The van der Waals surface area contributed by atoms with E-state index in [1.54, 1.807) is 0 Å². The van der Waals surface area contributed by atoms with Crippen LogP contribution in [0.4, 0.5) is 0 Å². The van der Waals surface area contributed by atoms with E-state index in [1.165, 1.54) is 5.56 Å². The van der Waals surface area contributed by atoms with E-state index in [0.29, 0.717) is 12.1 Å². The van der Waals surface area contributed by atoms with E-state index in [1.807, 2.05) is 0 Å². The fraction of sp³-hybridized carbons (Fsp3) is 0.625. The molecule has 0 amide bonds. The molecule has 2 rings (SSSR count). The van der Waals surface area contributed by atoms with Gasteiger partial charge in [-0.3, -0.25) is 4.90 Å². The van der Waals surface area contributed by atoms with Crippen molar-refractivity contribution in [3.05, 3.63) is 29.8 Å². The molecule has 2 unspecified atom stereocenters. The van der Waals surface area contributed by atoms with Crippen molar-refractivity contribution in [1.82, 2.24) is 10.2 Å². The topological polar surface area (TPSA) is 24.5 Å². The molecule has 2 atom stereocenters. The van der Waals surface area contributed by atoms with Crippen molar-refractivity contribution in [2.45, 2.75) is 52.4 Å². The number of benzene rings is 1. The molecule has 1 aliphatic heterocycles. The molecule has 3 nitrogen and oxygen atoms in total. The second-order valence-corrected chi connectivity index (χ2v) is 5.90. The summed E-state index contributed by atoms with van der Waals surface area (Å²) >= 11 is 0. The maximum absolute atomic E-state index is 5.67. The molecule has 0 bridgehead atoms. The second-order valence-electron chi connectivity index (χ2n) is 5.90. The van der Waals surface area contributed by atoms with Gasteiger partial charge < -0.3 is 10.1 Å². The molecule has 0 spiro atoms. The quantitative estimate of drug-likeness (QED) is 0.924. The summed E-state index contributed by atoms with van der Waals surface area (Å²) in [6.07, 6.45) is 0.236. The third-order valence-corrected chi connectivity index (χ3v) is 3.57.